The average Bonchev–Trinajstić information content (AvgIpc) is 2.34. The summed E-state index contributed by atoms with van der Waals surface area (Å²) in [6.45, 7) is 0.633. The Labute approximate surface area is 114 Å². The number of aromatic nitrogens is 1. The van der Waals surface area contributed by atoms with Gasteiger partial charge in [-0.1, -0.05) is 28.7 Å². The average molecular weight is 348 g/mol. The quantitative estimate of drug-likeness (QED) is 0.286. The Morgan fingerprint density at radius 1 is 1.41 bits per heavy atom. The molecule has 0 radical (unpaired) electrons. The number of alkyl halides is 1. The van der Waals surface area contributed by atoms with E-state index in [4.69, 9.17) is 10.0 Å². The van der Waals surface area contributed by atoms with Gasteiger partial charge in [-0.3, -0.25) is 9.78 Å². The molecule has 1 aromatic heterocycles. The first-order valence-corrected chi connectivity index (χ1v) is 6.84. The van der Waals surface area contributed by atoms with Crippen LogP contribution in [-0.4, -0.2) is 39.0 Å². The van der Waals surface area contributed by atoms with Crippen LogP contribution in [0.4, 0.5) is 0 Å². The summed E-state index contributed by atoms with van der Waals surface area (Å²) < 4.78 is 1.08. The normalized spacial score (nSPS) is 10.1. The molecular formula is C10H14BIN2O3. The maximum absolute atomic E-state index is 11.6. The van der Waals surface area contributed by atoms with Gasteiger partial charge in [0.25, 0.3) is 5.91 Å². The molecule has 3 N–H and O–H groups in total. The maximum atomic E-state index is 11.6. The fourth-order valence-corrected chi connectivity index (χ4v) is 1.74. The standard InChI is InChI=1S/C10H14BIN2O3/c12-5-1-2-6-13-10(15)9-4-3-8(7-14-9)11(16)17/h3-4,7,16-17H,1-2,5-6H2,(H,13,15). The third kappa shape index (κ3) is 5.01. The molecule has 5 nitrogen and oxygen atoms in total. The molecule has 0 saturated heterocycles. The predicted octanol–water partition coefficient (Wildman–Crippen LogP) is -0.294. The van der Waals surface area contributed by atoms with Gasteiger partial charge in [-0.25, -0.2) is 0 Å². The third-order valence-corrected chi connectivity index (χ3v) is 2.93. The van der Waals surface area contributed by atoms with Gasteiger partial charge < -0.3 is 15.4 Å². The van der Waals surface area contributed by atoms with Gasteiger partial charge in [-0.2, -0.15) is 0 Å². The summed E-state index contributed by atoms with van der Waals surface area (Å²) in [5.41, 5.74) is 0.551. The number of hydrogen-bond donors (Lipinski definition) is 3. The first-order valence-electron chi connectivity index (χ1n) is 5.31. The Balaban J connectivity index is 2.46. The van der Waals surface area contributed by atoms with Crippen LogP contribution < -0.4 is 10.8 Å². The van der Waals surface area contributed by atoms with E-state index in [0.29, 0.717) is 6.54 Å². The molecular weight excluding hydrogens is 334 g/mol. The van der Waals surface area contributed by atoms with Crippen LogP contribution in [0.5, 0.6) is 0 Å². The highest BCUT2D eigenvalue weighted by Gasteiger charge is 2.12. The van der Waals surface area contributed by atoms with E-state index in [-0.39, 0.29) is 17.1 Å². The molecule has 0 saturated carbocycles. The van der Waals surface area contributed by atoms with Gasteiger partial charge in [0.05, 0.1) is 0 Å². The van der Waals surface area contributed by atoms with Crippen molar-refractivity contribution < 1.29 is 14.8 Å². The summed E-state index contributed by atoms with van der Waals surface area (Å²) in [5, 5.41) is 20.5. The molecule has 7 heteroatoms. The van der Waals surface area contributed by atoms with Crippen LogP contribution in [-0.2, 0) is 0 Å². The van der Waals surface area contributed by atoms with Crippen LogP contribution >= 0.6 is 22.6 Å². The highest BCUT2D eigenvalue weighted by molar-refractivity contribution is 14.1. The van der Waals surface area contributed by atoms with Crippen LogP contribution in [0.1, 0.15) is 23.3 Å². The zero-order chi connectivity index (χ0) is 12.7. The fraction of sp³-hybridized carbons (Fsp3) is 0.400. The Morgan fingerprint density at radius 2 is 2.18 bits per heavy atom. The first kappa shape index (κ1) is 14.4. The zero-order valence-corrected chi connectivity index (χ0v) is 11.4. The minimum absolute atomic E-state index is 0.238. The lowest BCUT2D eigenvalue weighted by atomic mass is 9.82. The SMILES string of the molecule is O=C(NCCCCI)c1ccc(B(O)O)cn1. The molecule has 0 aliphatic rings. The Hall–Kier alpha value is -0.665. The van der Waals surface area contributed by atoms with Crippen LogP contribution in [0.15, 0.2) is 18.3 Å². The minimum Gasteiger partial charge on any atom is -0.423 e. The molecule has 0 aliphatic carbocycles. The molecule has 0 aliphatic heterocycles. The number of nitrogens with zero attached hydrogens (tertiary/aromatic N) is 1. The van der Waals surface area contributed by atoms with Gasteiger partial charge in [-0.15, -0.1) is 0 Å². The lowest BCUT2D eigenvalue weighted by Gasteiger charge is -2.04. The molecule has 1 heterocycles. The van der Waals surface area contributed by atoms with Crippen molar-refractivity contribution in [1.82, 2.24) is 10.3 Å². The Bertz CT molecular complexity index is 359. The monoisotopic (exact) mass is 348 g/mol. The van der Waals surface area contributed by atoms with Crippen LogP contribution in [0.25, 0.3) is 0 Å². The van der Waals surface area contributed by atoms with E-state index in [2.05, 4.69) is 32.9 Å². The maximum Gasteiger partial charge on any atom is 0.490 e. The molecule has 0 atom stereocenters. The molecule has 92 valence electrons. The summed E-state index contributed by atoms with van der Waals surface area (Å²) in [4.78, 5) is 15.5. The van der Waals surface area contributed by atoms with Gasteiger partial charge in [0, 0.05) is 18.2 Å². The number of pyridine rings is 1. The van der Waals surface area contributed by atoms with Crippen molar-refractivity contribution in [3.05, 3.63) is 24.0 Å². The van der Waals surface area contributed by atoms with Crippen molar-refractivity contribution >= 4 is 41.1 Å². The summed E-state index contributed by atoms with van der Waals surface area (Å²) >= 11 is 2.29. The van der Waals surface area contributed by atoms with Gasteiger partial charge in [0.2, 0.25) is 0 Å². The van der Waals surface area contributed by atoms with Crippen LogP contribution in [0.2, 0.25) is 0 Å². The minimum atomic E-state index is -1.55. The molecule has 1 aromatic rings. The number of amides is 1. The van der Waals surface area contributed by atoms with E-state index in [1.165, 1.54) is 18.3 Å². The second-order valence-corrected chi connectivity index (χ2v) is 4.58. The molecule has 0 spiro atoms. The third-order valence-electron chi connectivity index (χ3n) is 2.16. The molecule has 0 bridgehead atoms. The van der Waals surface area contributed by atoms with Crippen molar-refractivity contribution in [2.24, 2.45) is 0 Å². The highest BCUT2D eigenvalue weighted by Crippen LogP contribution is 1.95. The molecule has 1 amide bonds. The van der Waals surface area contributed by atoms with E-state index in [0.717, 1.165) is 17.3 Å². The van der Waals surface area contributed by atoms with E-state index in [9.17, 15) is 4.79 Å². The molecule has 0 unspecified atom stereocenters. The largest absolute Gasteiger partial charge is 0.490 e. The number of carbonyl (C=O) groups is 1. The van der Waals surface area contributed by atoms with E-state index in [1.807, 2.05) is 0 Å². The van der Waals surface area contributed by atoms with Gasteiger partial charge in [-0.05, 0) is 23.3 Å². The summed E-state index contributed by atoms with van der Waals surface area (Å²) in [6.07, 6.45) is 3.30. The van der Waals surface area contributed by atoms with E-state index in [1.54, 1.807) is 0 Å². The highest BCUT2D eigenvalue weighted by atomic mass is 127. The van der Waals surface area contributed by atoms with Crippen molar-refractivity contribution in [2.75, 3.05) is 11.0 Å². The predicted molar refractivity (Wildman–Crippen MR) is 74.5 cm³/mol. The number of hydrogen-bond acceptors (Lipinski definition) is 4. The fourth-order valence-electron chi connectivity index (χ4n) is 1.20. The second-order valence-electron chi connectivity index (χ2n) is 3.50. The van der Waals surface area contributed by atoms with Crippen molar-refractivity contribution in [1.29, 1.82) is 0 Å². The number of unbranched alkanes of at least 4 members (excludes halogenated alkanes) is 1. The second kappa shape index (κ2) is 7.62. The summed E-state index contributed by atoms with van der Waals surface area (Å²) in [5.74, 6) is -0.238. The Morgan fingerprint density at radius 3 is 2.71 bits per heavy atom. The van der Waals surface area contributed by atoms with Crippen molar-refractivity contribution in [2.45, 2.75) is 12.8 Å². The first-order chi connectivity index (χ1) is 8.15. The summed E-state index contributed by atoms with van der Waals surface area (Å²) in [6, 6.07) is 2.94. The van der Waals surface area contributed by atoms with E-state index < -0.39 is 7.12 Å². The smallest absolute Gasteiger partial charge is 0.423 e. The lowest BCUT2D eigenvalue weighted by Crippen LogP contribution is -2.31. The number of carbonyl (C=O) groups excluding carboxylic acids is 1. The van der Waals surface area contributed by atoms with E-state index >= 15 is 0 Å². The van der Waals surface area contributed by atoms with Gasteiger partial charge >= 0.3 is 7.12 Å². The van der Waals surface area contributed by atoms with Crippen LogP contribution in [0, 0.1) is 0 Å². The molecule has 17 heavy (non-hydrogen) atoms. The zero-order valence-electron chi connectivity index (χ0n) is 9.27. The number of nitrogens with one attached hydrogen (secondary N) is 1. The van der Waals surface area contributed by atoms with Crippen molar-refractivity contribution in [3.63, 3.8) is 0 Å². The van der Waals surface area contributed by atoms with Gasteiger partial charge in [0.15, 0.2) is 0 Å². The number of rotatable bonds is 6. The molecule has 1 rings (SSSR count). The lowest BCUT2D eigenvalue weighted by molar-refractivity contribution is 0.0948. The summed E-state index contributed by atoms with van der Waals surface area (Å²) in [7, 11) is -1.55. The topological polar surface area (TPSA) is 82.5 Å². The number of halogens is 1. The molecule has 0 fully saturated rings. The molecule has 0 aromatic carbocycles. The van der Waals surface area contributed by atoms with Crippen molar-refractivity contribution in [3.8, 4) is 0 Å². The van der Waals surface area contributed by atoms with Crippen LogP contribution in [0.3, 0.4) is 0 Å². The Kier molecular flexibility index (Phi) is 6.45. The van der Waals surface area contributed by atoms with Gasteiger partial charge in [0.1, 0.15) is 5.69 Å².